The van der Waals surface area contributed by atoms with Gasteiger partial charge < -0.3 is 15.4 Å². The van der Waals surface area contributed by atoms with Crippen molar-refractivity contribution in [3.8, 4) is 0 Å². The molecule has 1 aromatic carbocycles. The van der Waals surface area contributed by atoms with Crippen LogP contribution in [0.15, 0.2) is 30.3 Å². The number of aryl methyl sites for hydroxylation is 1. The van der Waals surface area contributed by atoms with E-state index in [-0.39, 0.29) is 0 Å². The van der Waals surface area contributed by atoms with Gasteiger partial charge in [0, 0.05) is 48.6 Å². The highest BCUT2D eigenvalue weighted by molar-refractivity contribution is 6.30. The summed E-state index contributed by atoms with van der Waals surface area (Å²) in [6.45, 7) is 7.40. The molecule has 1 aliphatic heterocycles. The van der Waals surface area contributed by atoms with Crippen LogP contribution in [0.25, 0.3) is 0 Å². The minimum Gasteiger partial charge on any atom is -0.379 e. The van der Waals surface area contributed by atoms with Crippen LogP contribution in [0.2, 0.25) is 5.02 Å². The quantitative estimate of drug-likeness (QED) is 0.837. The molecule has 6 nitrogen and oxygen atoms in total. The summed E-state index contributed by atoms with van der Waals surface area (Å²) in [6.07, 6.45) is 0. The van der Waals surface area contributed by atoms with Crippen molar-refractivity contribution in [2.75, 3.05) is 50.0 Å². The van der Waals surface area contributed by atoms with Crippen molar-refractivity contribution >= 4 is 29.1 Å². The fourth-order valence-corrected chi connectivity index (χ4v) is 2.77. The average molecular weight is 348 g/mol. The second-order valence-corrected chi connectivity index (χ2v) is 6.17. The first-order valence-electron chi connectivity index (χ1n) is 8.11. The number of morpholine rings is 1. The Hall–Kier alpha value is -1.89. The van der Waals surface area contributed by atoms with Crippen molar-refractivity contribution in [1.82, 2.24) is 14.9 Å². The molecule has 7 heteroatoms. The molecule has 0 aliphatic carbocycles. The molecule has 0 radical (unpaired) electrons. The Bertz CT molecular complexity index is 676. The van der Waals surface area contributed by atoms with E-state index in [1.165, 1.54) is 0 Å². The van der Waals surface area contributed by atoms with E-state index < -0.39 is 0 Å². The van der Waals surface area contributed by atoms with Gasteiger partial charge in [-0.05, 0) is 25.1 Å². The normalized spacial score (nSPS) is 15.2. The molecule has 24 heavy (non-hydrogen) atoms. The molecule has 2 heterocycles. The lowest BCUT2D eigenvalue weighted by Gasteiger charge is -2.26. The Morgan fingerprint density at radius 3 is 2.83 bits per heavy atom. The molecule has 2 N–H and O–H groups in total. The number of benzene rings is 1. The summed E-state index contributed by atoms with van der Waals surface area (Å²) in [4.78, 5) is 11.3. The highest BCUT2D eigenvalue weighted by Crippen LogP contribution is 2.19. The molecule has 3 rings (SSSR count). The Morgan fingerprint density at radius 2 is 2.04 bits per heavy atom. The molecule has 1 fully saturated rings. The summed E-state index contributed by atoms with van der Waals surface area (Å²) in [5.41, 5.74) is 1.77. The fourth-order valence-electron chi connectivity index (χ4n) is 2.58. The Kier molecular flexibility index (Phi) is 5.85. The van der Waals surface area contributed by atoms with Gasteiger partial charge >= 0.3 is 0 Å². The van der Waals surface area contributed by atoms with Crippen LogP contribution in [-0.2, 0) is 4.74 Å². The van der Waals surface area contributed by atoms with E-state index in [1.54, 1.807) is 0 Å². The van der Waals surface area contributed by atoms with Crippen LogP contribution in [0.3, 0.4) is 0 Å². The van der Waals surface area contributed by atoms with Gasteiger partial charge in [-0.1, -0.05) is 17.7 Å². The second-order valence-electron chi connectivity index (χ2n) is 5.73. The van der Waals surface area contributed by atoms with Gasteiger partial charge in [0.25, 0.3) is 0 Å². The maximum Gasteiger partial charge on any atom is 0.229 e. The number of aromatic nitrogens is 2. The molecule has 0 atom stereocenters. The number of hydrogen-bond acceptors (Lipinski definition) is 6. The van der Waals surface area contributed by atoms with E-state index in [0.717, 1.165) is 56.6 Å². The number of hydrogen-bond donors (Lipinski definition) is 2. The Labute approximate surface area is 147 Å². The van der Waals surface area contributed by atoms with E-state index in [0.29, 0.717) is 11.0 Å². The molecule has 1 aliphatic rings. The summed E-state index contributed by atoms with van der Waals surface area (Å²) in [7, 11) is 0. The van der Waals surface area contributed by atoms with Gasteiger partial charge in [0.15, 0.2) is 0 Å². The molecule has 128 valence electrons. The summed E-state index contributed by atoms with van der Waals surface area (Å²) in [5, 5.41) is 7.24. The van der Waals surface area contributed by atoms with Crippen molar-refractivity contribution < 1.29 is 4.74 Å². The van der Waals surface area contributed by atoms with E-state index in [1.807, 2.05) is 37.3 Å². The molecule has 2 aromatic rings. The van der Waals surface area contributed by atoms with Crippen LogP contribution in [0.1, 0.15) is 5.69 Å². The number of ether oxygens (including phenoxy) is 1. The maximum absolute atomic E-state index is 6.01. The lowest BCUT2D eigenvalue weighted by atomic mass is 10.3. The zero-order valence-electron chi connectivity index (χ0n) is 13.8. The van der Waals surface area contributed by atoms with Gasteiger partial charge in [-0.15, -0.1) is 0 Å². The number of rotatable bonds is 6. The van der Waals surface area contributed by atoms with Crippen LogP contribution < -0.4 is 10.6 Å². The standard InChI is InChI=1S/C17H22ClN5O/c1-13-11-16(19-5-6-23-7-9-24-10-8-23)22-17(20-13)21-15-4-2-3-14(18)12-15/h2-4,11-12H,5-10H2,1H3,(H2,19,20,21,22). The zero-order chi connectivity index (χ0) is 16.8. The van der Waals surface area contributed by atoms with Gasteiger partial charge in [0.2, 0.25) is 5.95 Å². The maximum atomic E-state index is 6.01. The first-order chi connectivity index (χ1) is 11.7. The Balaban J connectivity index is 1.58. The van der Waals surface area contributed by atoms with E-state index in [9.17, 15) is 0 Å². The van der Waals surface area contributed by atoms with E-state index in [4.69, 9.17) is 16.3 Å². The molecule has 0 unspecified atom stereocenters. The fraction of sp³-hybridized carbons (Fsp3) is 0.412. The number of nitrogens with one attached hydrogen (secondary N) is 2. The SMILES string of the molecule is Cc1cc(NCCN2CCOCC2)nc(Nc2cccc(Cl)c2)n1. The molecule has 1 aromatic heterocycles. The Morgan fingerprint density at radius 1 is 1.21 bits per heavy atom. The summed E-state index contributed by atoms with van der Waals surface area (Å²) < 4.78 is 5.36. The summed E-state index contributed by atoms with van der Waals surface area (Å²) in [6, 6.07) is 9.45. The summed E-state index contributed by atoms with van der Waals surface area (Å²) in [5.74, 6) is 1.38. The van der Waals surface area contributed by atoms with Crippen molar-refractivity contribution in [1.29, 1.82) is 0 Å². The van der Waals surface area contributed by atoms with Gasteiger partial charge in [-0.2, -0.15) is 4.98 Å². The van der Waals surface area contributed by atoms with Crippen LogP contribution in [-0.4, -0.2) is 54.3 Å². The second kappa shape index (κ2) is 8.28. The van der Waals surface area contributed by atoms with Crippen molar-refractivity contribution in [2.45, 2.75) is 6.92 Å². The van der Waals surface area contributed by atoms with E-state index >= 15 is 0 Å². The molecule has 1 saturated heterocycles. The summed E-state index contributed by atoms with van der Waals surface area (Å²) >= 11 is 6.01. The predicted molar refractivity (Wildman–Crippen MR) is 97.3 cm³/mol. The zero-order valence-corrected chi connectivity index (χ0v) is 14.5. The van der Waals surface area contributed by atoms with Crippen LogP contribution in [0, 0.1) is 6.92 Å². The monoisotopic (exact) mass is 347 g/mol. The molecule has 0 amide bonds. The molecule has 0 spiro atoms. The van der Waals surface area contributed by atoms with Crippen LogP contribution >= 0.6 is 11.6 Å². The van der Waals surface area contributed by atoms with Gasteiger partial charge in [-0.3, -0.25) is 4.90 Å². The van der Waals surface area contributed by atoms with Gasteiger partial charge in [-0.25, -0.2) is 4.98 Å². The highest BCUT2D eigenvalue weighted by atomic mass is 35.5. The van der Waals surface area contributed by atoms with Gasteiger partial charge in [0.05, 0.1) is 13.2 Å². The lowest BCUT2D eigenvalue weighted by molar-refractivity contribution is 0.0398. The smallest absolute Gasteiger partial charge is 0.229 e. The van der Waals surface area contributed by atoms with Crippen molar-refractivity contribution in [2.24, 2.45) is 0 Å². The van der Waals surface area contributed by atoms with Crippen molar-refractivity contribution in [3.05, 3.63) is 41.0 Å². The third-order valence-corrected chi connectivity index (χ3v) is 4.01. The topological polar surface area (TPSA) is 62.3 Å². The van der Waals surface area contributed by atoms with Crippen LogP contribution in [0.5, 0.6) is 0 Å². The number of nitrogens with zero attached hydrogens (tertiary/aromatic N) is 3. The minimum absolute atomic E-state index is 0.561. The third kappa shape index (κ3) is 5.06. The van der Waals surface area contributed by atoms with E-state index in [2.05, 4.69) is 25.5 Å². The van der Waals surface area contributed by atoms with Crippen molar-refractivity contribution in [3.63, 3.8) is 0 Å². The molecular weight excluding hydrogens is 326 g/mol. The minimum atomic E-state index is 0.561. The van der Waals surface area contributed by atoms with Gasteiger partial charge in [0.1, 0.15) is 5.82 Å². The molecule has 0 saturated carbocycles. The number of halogens is 1. The molecular formula is C17H22ClN5O. The first kappa shape index (κ1) is 17.0. The largest absolute Gasteiger partial charge is 0.379 e. The molecule has 0 bridgehead atoms. The average Bonchev–Trinajstić information content (AvgIpc) is 2.55. The predicted octanol–water partition coefficient (Wildman–Crippen LogP) is 2.93. The highest BCUT2D eigenvalue weighted by Gasteiger charge is 2.09. The lowest BCUT2D eigenvalue weighted by Crippen LogP contribution is -2.39. The van der Waals surface area contributed by atoms with Crippen LogP contribution in [0.4, 0.5) is 17.5 Å². The number of anilines is 3. The third-order valence-electron chi connectivity index (χ3n) is 3.77. The first-order valence-corrected chi connectivity index (χ1v) is 8.49.